The molecule has 8 nitrogen and oxygen atoms in total. The molecule has 32 heavy (non-hydrogen) atoms. The number of benzene rings is 1. The Kier molecular flexibility index (Phi) is 8.45. The summed E-state index contributed by atoms with van der Waals surface area (Å²) in [5.41, 5.74) is 2.40. The van der Waals surface area contributed by atoms with Gasteiger partial charge in [0.1, 0.15) is 5.82 Å². The number of aliphatic hydroxyl groups excluding tert-OH is 1. The number of nitrogens with zero attached hydrogens (tertiary/aromatic N) is 3. The molecule has 2 aromatic rings. The Labute approximate surface area is 187 Å². The highest BCUT2D eigenvalue weighted by atomic mass is 32.2. The summed E-state index contributed by atoms with van der Waals surface area (Å²) in [6.07, 6.45) is 3.48. The Morgan fingerprint density at radius 3 is 2.38 bits per heavy atom. The lowest BCUT2D eigenvalue weighted by Crippen LogP contribution is -2.28. The fourth-order valence-corrected chi connectivity index (χ4v) is 3.48. The normalized spacial score (nSPS) is 13.0. The number of hydrogen-bond acceptors (Lipinski definition) is 6. The molecule has 174 valence electrons. The number of rotatable bonds is 10. The number of hydrogen-bond donors (Lipinski definition) is 2. The maximum Gasteiger partial charge on any atom is 0.327 e. The van der Waals surface area contributed by atoms with Crippen LogP contribution in [0.25, 0.3) is 11.3 Å². The largest absolute Gasteiger partial charge is 0.478 e. The van der Waals surface area contributed by atoms with Crippen LogP contribution in [0.3, 0.4) is 0 Å². The van der Waals surface area contributed by atoms with Gasteiger partial charge in [-0.05, 0) is 49.4 Å². The average Bonchev–Trinajstić information content (AvgIpc) is 2.70. The van der Waals surface area contributed by atoms with Gasteiger partial charge in [-0.3, -0.25) is 0 Å². The molecule has 2 rings (SSSR count). The Morgan fingerprint density at radius 1 is 1.22 bits per heavy atom. The SMILES string of the molecule is CC(C)c1nc(N(C)S(C)(=O)=O)nc(-c2ccc(F)cc2)c1CC[C@H](O)C/C=C\C(=O)O. The standard InChI is InChI=1S/C22H28FN3O5S/c1-14(2)20-18(13-12-17(27)6-5-7-19(28)29)21(15-8-10-16(23)11-9-15)25-22(24-20)26(3)32(4,30)31/h5,7-11,14,17,27H,6,12-13H2,1-4H3,(H,28,29)/b7-5-/t17-/m1/s1. The van der Waals surface area contributed by atoms with E-state index in [9.17, 15) is 22.7 Å². The van der Waals surface area contributed by atoms with Crippen LogP contribution in [0.1, 0.15) is 43.9 Å². The van der Waals surface area contributed by atoms with Gasteiger partial charge in [-0.15, -0.1) is 0 Å². The van der Waals surface area contributed by atoms with Crippen molar-refractivity contribution in [1.29, 1.82) is 0 Å². The van der Waals surface area contributed by atoms with E-state index in [1.807, 2.05) is 13.8 Å². The van der Waals surface area contributed by atoms with E-state index in [0.717, 1.165) is 22.2 Å². The van der Waals surface area contributed by atoms with Crippen LogP contribution in [0.2, 0.25) is 0 Å². The van der Waals surface area contributed by atoms with Crippen LogP contribution in [0.15, 0.2) is 36.4 Å². The van der Waals surface area contributed by atoms with Crippen LogP contribution in [0, 0.1) is 5.82 Å². The summed E-state index contributed by atoms with van der Waals surface area (Å²) in [7, 11) is -2.24. The molecule has 0 spiro atoms. The van der Waals surface area contributed by atoms with Crippen LogP contribution in [0.4, 0.5) is 10.3 Å². The van der Waals surface area contributed by atoms with Crippen molar-refractivity contribution >= 4 is 21.9 Å². The van der Waals surface area contributed by atoms with Gasteiger partial charge in [-0.2, -0.15) is 0 Å². The fourth-order valence-electron chi connectivity index (χ4n) is 3.10. The van der Waals surface area contributed by atoms with Gasteiger partial charge in [0.2, 0.25) is 16.0 Å². The average molecular weight is 466 g/mol. The summed E-state index contributed by atoms with van der Waals surface area (Å²) in [6.45, 7) is 3.83. The minimum absolute atomic E-state index is 0.00390. The van der Waals surface area contributed by atoms with E-state index in [2.05, 4.69) is 9.97 Å². The summed E-state index contributed by atoms with van der Waals surface area (Å²) in [6, 6.07) is 5.70. The molecule has 2 N–H and O–H groups in total. The molecule has 0 aliphatic carbocycles. The van der Waals surface area contributed by atoms with Gasteiger partial charge in [-0.25, -0.2) is 31.9 Å². The van der Waals surface area contributed by atoms with Crippen molar-refractivity contribution in [3.8, 4) is 11.3 Å². The molecule has 0 fully saturated rings. The second kappa shape index (κ2) is 10.6. The molecular formula is C22H28FN3O5S. The molecule has 0 aliphatic heterocycles. The lowest BCUT2D eigenvalue weighted by molar-refractivity contribution is -0.131. The highest BCUT2D eigenvalue weighted by Crippen LogP contribution is 2.31. The predicted molar refractivity (Wildman–Crippen MR) is 120 cm³/mol. The summed E-state index contributed by atoms with van der Waals surface area (Å²) >= 11 is 0. The maximum atomic E-state index is 13.5. The van der Waals surface area contributed by atoms with Crippen molar-refractivity contribution in [3.63, 3.8) is 0 Å². The molecule has 0 amide bonds. The summed E-state index contributed by atoms with van der Waals surface area (Å²) in [4.78, 5) is 19.6. The predicted octanol–water partition coefficient (Wildman–Crippen LogP) is 3.13. The first-order chi connectivity index (χ1) is 14.9. The number of aromatic nitrogens is 2. The number of carbonyl (C=O) groups is 1. The van der Waals surface area contributed by atoms with Crippen molar-refractivity contribution in [2.75, 3.05) is 17.6 Å². The smallest absolute Gasteiger partial charge is 0.327 e. The van der Waals surface area contributed by atoms with Gasteiger partial charge in [0.25, 0.3) is 0 Å². The van der Waals surface area contributed by atoms with E-state index in [4.69, 9.17) is 5.11 Å². The zero-order valence-corrected chi connectivity index (χ0v) is 19.3. The topological polar surface area (TPSA) is 121 Å². The van der Waals surface area contributed by atoms with Crippen molar-refractivity contribution in [2.45, 2.75) is 45.1 Å². The van der Waals surface area contributed by atoms with E-state index in [1.54, 1.807) is 12.1 Å². The van der Waals surface area contributed by atoms with E-state index in [1.165, 1.54) is 25.3 Å². The maximum absolute atomic E-state index is 13.5. The first-order valence-electron chi connectivity index (χ1n) is 10.1. The number of carboxylic acids is 1. The Morgan fingerprint density at radius 2 is 1.84 bits per heavy atom. The lowest BCUT2D eigenvalue weighted by atomic mass is 9.94. The van der Waals surface area contributed by atoms with Crippen LogP contribution < -0.4 is 4.31 Å². The second-order valence-corrected chi connectivity index (χ2v) is 9.81. The zero-order chi connectivity index (χ0) is 24.1. The molecule has 0 aliphatic rings. The van der Waals surface area contributed by atoms with E-state index < -0.39 is 27.9 Å². The highest BCUT2D eigenvalue weighted by Gasteiger charge is 2.23. The van der Waals surface area contributed by atoms with Gasteiger partial charge in [0, 0.05) is 24.3 Å². The number of carboxylic acid groups (broad SMARTS) is 1. The Balaban J connectivity index is 2.54. The molecule has 0 saturated heterocycles. The van der Waals surface area contributed by atoms with Gasteiger partial charge in [-0.1, -0.05) is 19.9 Å². The Hall–Kier alpha value is -2.85. The van der Waals surface area contributed by atoms with Crippen LogP contribution in [-0.2, 0) is 21.2 Å². The third kappa shape index (κ3) is 6.83. The molecule has 1 atom stereocenters. The van der Waals surface area contributed by atoms with Gasteiger partial charge in [0.05, 0.1) is 23.7 Å². The Bertz CT molecular complexity index is 1090. The van der Waals surface area contributed by atoms with Gasteiger partial charge in [0.15, 0.2) is 0 Å². The lowest BCUT2D eigenvalue weighted by Gasteiger charge is -2.22. The summed E-state index contributed by atoms with van der Waals surface area (Å²) in [5, 5.41) is 19.0. The first-order valence-corrected chi connectivity index (χ1v) is 11.9. The monoisotopic (exact) mass is 465 g/mol. The van der Waals surface area contributed by atoms with Gasteiger partial charge < -0.3 is 10.2 Å². The third-order valence-corrected chi connectivity index (χ3v) is 6.03. The van der Waals surface area contributed by atoms with E-state index >= 15 is 0 Å². The molecule has 1 aromatic heterocycles. The molecular weight excluding hydrogens is 437 g/mol. The molecule has 0 bridgehead atoms. The molecule has 0 saturated carbocycles. The number of halogens is 1. The van der Waals surface area contributed by atoms with Gasteiger partial charge >= 0.3 is 5.97 Å². The van der Waals surface area contributed by atoms with E-state index in [-0.39, 0.29) is 18.3 Å². The van der Waals surface area contributed by atoms with Crippen molar-refractivity contribution < 1.29 is 27.8 Å². The van der Waals surface area contributed by atoms with Crippen molar-refractivity contribution in [1.82, 2.24) is 9.97 Å². The quantitative estimate of drug-likeness (QED) is 0.517. The van der Waals surface area contributed by atoms with Crippen LogP contribution in [-0.4, -0.2) is 54.0 Å². The second-order valence-electron chi connectivity index (χ2n) is 7.80. The molecule has 1 aromatic carbocycles. The van der Waals surface area contributed by atoms with Crippen LogP contribution >= 0.6 is 0 Å². The van der Waals surface area contributed by atoms with Crippen molar-refractivity contribution in [2.24, 2.45) is 0 Å². The third-order valence-electron chi connectivity index (χ3n) is 4.87. The zero-order valence-electron chi connectivity index (χ0n) is 18.5. The minimum atomic E-state index is -3.61. The number of aliphatic hydroxyl groups is 1. The number of anilines is 1. The molecule has 0 unspecified atom stereocenters. The molecule has 0 radical (unpaired) electrons. The summed E-state index contributed by atoms with van der Waals surface area (Å²) in [5.74, 6) is -1.58. The molecule has 10 heteroatoms. The number of aliphatic carboxylic acids is 1. The van der Waals surface area contributed by atoms with Crippen LogP contribution in [0.5, 0.6) is 0 Å². The fraction of sp³-hybridized carbons (Fsp3) is 0.409. The van der Waals surface area contributed by atoms with E-state index in [0.29, 0.717) is 29.8 Å². The number of sulfonamides is 1. The minimum Gasteiger partial charge on any atom is -0.478 e. The molecule has 1 heterocycles. The highest BCUT2D eigenvalue weighted by molar-refractivity contribution is 7.92. The first kappa shape index (κ1) is 25.4. The van der Waals surface area contributed by atoms with Crippen molar-refractivity contribution in [3.05, 3.63) is 53.5 Å². The summed E-state index contributed by atoms with van der Waals surface area (Å²) < 4.78 is 38.6.